The Hall–Kier alpha value is -2.80. The smallest absolute Gasteiger partial charge is 0.417 e. The third-order valence-electron chi connectivity index (χ3n) is 5.20. The Kier molecular flexibility index (Phi) is 6.51. The summed E-state index contributed by atoms with van der Waals surface area (Å²) in [5.74, 6) is 0.887. The van der Waals surface area contributed by atoms with Crippen LogP contribution in [0.25, 0.3) is 10.9 Å². The minimum atomic E-state index is -4.66. The Bertz CT molecular complexity index is 1010. The molecule has 1 N–H and O–H groups in total. The molecule has 0 bridgehead atoms. The number of ether oxygens (including phenoxy) is 2. The lowest BCUT2D eigenvalue weighted by Gasteiger charge is -2.29. The Balaban J connectivity index is 1.69. The number of hydrogen-bond donors (Lipinski definition) is 1. The van der Waals surface area contributed by atoms with Crippen LogP contribution >= 0.6 is 0 Å². The summed E-state index contributed by atoms with van der Waals surface area (Å²) in [5, 5.41) is 10.9. The lowest BCUT2D eigenvalue weighted by molar-refractivity contribution is -0.263. The quantitative estimate of drug-likeness (QED) is 0.527. The van der Waals surface area contributed by atoms with E-state index in [1.807, 2.05) is 36.4 Å². The SMILES string of the molecule is CCC(O)(CCc1ccc(OCc2ccc3ccccc3n2)c(OC)c1)C(F)(F)F. The van der Waals surface area contributed by atoms with Crippen molar-refractivity contribution >= 4 is 10.9 Å². The number of halogens is 3. The van der Waals surface area contributed by atoms with E-state index >= 15 is 0 Å². The Morgan fingerprint density at radius 3 is 2.47 bits per heavy atom. The molecule has 0 amide bonds. The maximum atomic E-state index is 13.1. The fourth-order valence-corrected chi connectivity index (χ4v) is 3.20. The van der Waals surface area contributed by atoms with Crippen molar-refractivity contribution in [3.8, 4) is 11.5 Å². The first-order chi connectivity index (χ1) is 14.3. The average molecular weight is 419 g/mol. The normalized spacial score (nSPS) is 13.8. The summed E-state index contributed by atoms with van der Waals surface area (Å²) in [6, 6.07) is 16.6. The van der Waals surface area contributed by atoms with Gasteiger partial charge in [0.15, 0.2) is 17.1 Å². The number of pyridine rings is 1. The number of para-hydroxylation sites is 1. The molecule has 3 aromatic rings. The van der Waals surface area contributed by atoms with Gasteiger partial charge in [0.1, 0.15) is 6.61 Å². The summed E-state index contributed by atoms with van der Waals surface area (Å²) in [7, 11) is 1.47. The van der Waals surface area contributed by atoms with Gasteiger partial charge in [0.2, 0.25) is 0 Å². The fourth-order valence-electron chi connectivity index (χ4n) is 3.20. The molecule has 0 radical (unpaired) electrons. The van der Waals surface area contributed by atoms with Crippen LogP contribution in [-0.4, -0.2) is 29.0 Å². The van der Waals surface area contributed by atoms with Gasteiger partial charge in [0.25, 0.3) is 0 Å². The summed E-state index contributed by atoms with van der Waals surface area (Å²) in [6.45, 7) is 1.55. The number of alkyl halides is 3. The molecule has 0 aliphatic rings. The molecule has 0 aliphatic heterocycles. The second-order valence-electron chi connectivity index (χ2n) is 7.15. The van der Waals surface area contributed by atoms with Gasteiger partial charge in [0, 0.05) is 5.39 Å². The van der Waals surface area contributed by atoms with Gasteiger partial charge in [-0.3, -0.25) is 0 Å². The summed E-state index contributed by atoms with van der Waals surface area (Å²) >= 11 is 0. The van der Waals surface area contributed by atoms with Crippen LogP contribution in [0.2, 0.25) is 0 Å². The van der Waals surface area contributed by atoms with Crippen LogP contribution < -0.4 is 9.47 Å². The minimum Gasteiger partial charge on any atom is -0.493 e. The van der Waals surface area contributed by atoms with Gasteiger partial charge in [0.05, 0.1) is 18.3 Å². The van der Waals surface area contributed by atoms with Gasteiger partial charge < -0.3 is 14.6 Å². The van der Waals surface area contributed by atoms with Crippen molar-refractivity contribution in [2.75, 3.05) is 7.11 Å². The summed E-state index contributed by atoms with van der Waals surface area (Å²) in [5.41, 5.74) is -0.455. The number of aryl methyl sites for hydroxylation is 1. The van der Waals surface area contributed by atoms with Crippen LogP contribution in [0.15, 0.2) is 54.6 Å². The van der Waals surface area contributed by atoms with Crippen molar-refractivity contribution in [1.29, 1.82) is 0 Å². The van der Waals surface area contributed by atoms with E-state index in [-0.39, 0.29) is 13.0 Å². The van der Waals surface area contributed by atoms with E-state index in [0.29, 0.717) is 17.1 Å². The summed E-state index contributed by atoms with van der Waals surface area (Å²) in [4.78, 5) is 4.55. The predicted octanol–water partition coefficient (Wildman–Crippen LogP) is 5.46. The van der Waals surface area contributed by atoms with Crippen molar-refractivity contribution in [1.82, 2.24) is 4.98 Å². The number of hydrogen-bond acceptors (Lipinski definition) is 4. The maximum Gasteiger partial charge on any atom is 0.417 e. The third-order valence-corrected chi connectivity index (χ3v) is 5.20. The fraction of sp³-hybridized carbons (Fsp3) is 0.348. The third kappa shape index (κ3) is 4.84. The molecule has 0 aliphatic carbocycles. The van der Waals surface area contributed by atoms with Crippen LogP contribution in [0.3, 0.4) is 0 Å². The monoisotopic (exact) mass is 419 g/mol. The Labute approximate surface area is 173 Å². The van der Waals surface area contributed by atoms with E-state index in [0.717, 1.165) is 16.6 Å². The number of rotatable bonds is 8. The number of benzene rings is 2. The lowest BCUT2D eigenvalue weighted by atomic mass is 9.91. The zero-order chi connectivity index (χ0) is 21.8. The minimum absolute atomic E-state index is 0.0622. The maximum absolute atomic E-state index is 13.1. The molecule has 1 atom stereocenters. The number of aromatic nitrogens is 1. The largest absolute Gasteiger partial charge is 0.493 e. The van der Waals surface area contributed by atoms with Crippen LogP contribution in [0, 0.1) is 0 Å². The summed E-state index contributed by atoms with van der Waals surface area (Å²) in [6.07, 6.45) is -5.42. The molecule has 0 saturated heterocycles. The molecule has 160 valence electrons. The first kappa shape index (κ1) is 21.9. The van der Waals surface area contributed by atoms with E-state index in [2.05, 4.69) is 4.98 Å². The van der Waals surface area contributed by atoms with Gasteiger partial charge >= 0.3 is 6.18 Å². The van der Waals surface area contributed by atoms with Gasteiger partial charge in [-0.2, -0.15) is 13.2 Å². The van der Waals surface area contributed by atoms with Crippen LogP contribution in [0.1, 0.15) is 31.0 Å². The van der Waals surface area contributed by atoms with Gasteiger partial charge in [-0.25, -0.2) is 4.98 Å². The molecule has 3 rings (SSSR count). The molecule has 30 heavy (non-hydrogen) atoms. The molecule has 7 heteroatoms. The standard InChI is InChI=1S/C23H24F3NO3/c1-3-22(28,23(24,25)26)13-12-16-8-11-20(21(14-16)29-2)30-15-18-10-9-17-6-4-5-7-19(17)27-18/h4-11,14,28H,3,12-13,15H2,1-2H3. The van der Waals surface area contributed by atoms with E-state index < -0.39 is 24.6 Å². The predicted molar refractivity (Wildman–Crippen MR) is 109 cm³/mol. The zero-order valence-corrected chi connectivity index (χ0v) is 16.9. The molecule has 1 unspecified atom stereocenters. The van der Waals surface area contributed by atoms with Crippen molar-refractivity contribution in [2.45, 2.75) is 44.6 Å². The van der Waals surface area contributed by atoms with Gasteiger partial charge in [-0.1, -0.05) is 37.3 Å². The molecule has 0 saturated carbocycles. The first-order valence-electron chi connectivity index (χ1n) is 9.69. The van der Waals surface area contributed by atoms with Crippen molar-refractivity contribution in [2.24, 2.45) is 0 Å². The molecule has 1 heterocycles. The number of fused-ring (bicyclic) bond motifs is 1. The van der Waals surface area contributed by atoms with Gasteiger partial charge in [-0.15, -0.1) is 0 Å². The summed E-state index contributed by atoms with van der Waals surface area (Å²) < 4.78 is 50.4. The van der Waals surface area contributed by atoms with Crippen molar-refractivity contribution < 1.29 is 27.8 Å². The van der Waals surface area contributed by atoms with E-state index in [4.69, 9.17) is 9.47 Å². The average Bonchev–Trinajstić information content (AvgIpc) is 2.75. The molecule has 0 fully saturated rings. The Morgan fingerprint density at radius 1 is 1.00 bits per heavy atom. The molecular weight excluding hydrogens is 395 g/mol. The van der Waals surface area contributed by atoms with E-state index in [1.54, 1.807) is 18.2 Å². The van der Waals surface area contributed by atoms with E-state index in [1.165, 1.54) is 14.0 Å². The first-order valence-corrected chi connectivity index (χ1v) is 9.69. The topological polar surface area (TPSA) is 51.6 Å². The highest BCUT2D eigenvalue weighted by Crippen LogP contribution is 2.37. The van der Waals surface area contributed by atoms with Crippen molar-refractivity contribution in [3.05, 3.63) is 65.9 Å². The number of aliphatic hydroxyl groups is 1. The second kappa shape index (κ2) is 8.92. The van der Waals surface area contributed by atoms with Crippen LogP contribution in [0.4, 0.5) is 13.2 Å². The second-order valence-corrected chi connectivity index (χ2v) is 7.15. The lowest BCUT2D eigenvalue weighted by Crippen LogP contribution is -2.44. The van der Waals surface area contributed by atoms with E-state index in [9.17, 15) is 18.3 Å². The molecule has 1 aromatic heterocycles. The Morgan fingerprint density at radius 2 is 1.77 bits per heavy atom. The van der Waals surface area contributed by atoms with Crippen LogP contribution in [0.5, 0.6) is 11.5 Å². The molecular formula is C23H24F3NO3. The van der Waals surface area contributed by atoms with Crippen LogP contribution in [-0.2, 0) is 13.0 Å². The van der Waals surface area contributed by atoms with Gasteiger partial charge in [-0.05, 0) is 49.1 Å². The number of nitrogens with zero attached hydrogens (tertiary/aromatic N) is 1. The number of methoxy groups -OCH3 is 1. The highest BCUT2D eigenvalue weighted by Gasteiger charge is 2.51. The van der Waals surface area contributed by atoms with Crippen molar-refractivity contribution in [3.63, 3.8) is 0 Å². The highest BCUT2D eigenvalue weighted by atomic mass is 19.4. The zero-order valence-electron chi connectivity index (χ0n) is 16.9. The molecule has 2 aromatic carbocycles. The molecule has 4 nitrogen and oxygen atoms in total. The molecule has 0 spiro atoms. The highest BCUT2D eigenvalue weighted by molar-refractivity contribution is 5.78.